The maximum absolute atomic E-state index is 11.6. The summed E-state index contributed by atoms with van der Waals surface area (Å²) in [5, 5.41) is 2.36. The number of urea groups is 1. The average Bonchev–Trinajstić information content (AvgIpc) is 2.37. The standard InChI is InChI=1S/C13H22N2O3/c1-10-9-15(13(17)14-12(10)16)7-8-18-11-5-3-2-4-6-11/h10-11H,2-9H2,1H3,(H,14,16,17). The van der Waals surface area contributed by atoms with Crippen LogP contribution in [0.2, 0.25) is 0 Å². The van der Waals surface area contributed by atoms with Gasteiger partial charge in [0.1, 0.15) is 0 Å². The number of nitrogens with zero attached hydrogens (tertiary/aromatic N) is 1. The first-order valence-electron chi connectivity index (χ1n) is 6.88. The predicted octanol–water partition coefficient (Wildman–Crippen LogP) is 1.52. The molecule has 1 N–H and O–H groups in total. The second-order valence-corrected chi connectivity index (χ2v) is 5.27. The van der Waals surface area contributed by atoms with Gasteiger partial charge in [-0.05, 0) is 12.8 Å². The van der Waals surface area contributed by atoms with Crippen LogP contribution in [0.1, 0.15) is 39.0 Å². The largest absolute Gasteiger partial charge is 0.376 e. The summed E-state index contributed by atoms with van der Waals surface area (Å²) in [6.07, 6.45) is 6.46. The van der Waals surface area contributed by atoms with Gasteiger partial charge in [0.15, 0.2) is 0 Å². The molecule has 2 fully saturated rings. The van der Waals surface area contributed by atoms with E-state index in [-0.39, 0.29) is 17.9 Å². The molecular formula is C13H22N2O3. The highest BCUT2D eigenvalue weighted by Gasteiger charge is 2.28. The molecule has 1 aliphatic heterocycles. The molecule has 1 unspecified atom stereocenters. The van der Waals surface area contributed by atoms with Crippen molar-refractivity contribution in [2.75, 3.05) is 19.7 Å². The Morgan fingerprint density at radius 1 is 1.28 bits per heavy atom. The van der Waals surface area contributed by atoms with Gasteiger partial charge >= 0.3 is 6.03 Å². The van der Waals surface area contributed by atoms with Crippen molar-refractivity contribution in [3.63, 3.8) is 0 Å². The maximum Gasteiger partial charge on any atom is 0.324 e. The molecule has 0 aromatic heterocycles. The second kappa shape index (κ2) is 6.18. The Morgan fingerprint density at radius 2 is 2.00 bits per heavy atom. The summed E-state index contributed by atoms with van der Waals surface area (Å²) in [6, 6.07) is -0.287. The third-order valence-electron chi connectivity index (χ3n) is 3.73. The van der Waals surface area contributed by atoms with Crippen molar-refractivity contribution in [1.29, 1.82) is 0 Å². The monoisotopic (exact) mass is 254 g/mol. The molecule has 0 aromatic rings. The number of nitrogens with one attached hydrogen (secondary N) is 1. The normalized spacial score (nSPS) is 26.3. The Kier molecular flexibility index (Phi) is 4.58. The summed E-state index contributed by atoms with van der Waals surface area (Å²) >= 11 is 0. The lowest BCUT2D eigenvalue weighted by molar-refractivity contribution is -0.125. The SMILES string of the molecule is CC1CN(CCOC2CCCCC2)C(=O)NC1=O. The van der Waals surface area contributed by atoms with Crippen LogP contribution >= 0.6 is 0 Å². The Labute approximate surface area is 108 Å². The summed E-state index contributed by atoms with van der Waals surface area (Å²) in [5.74, 6) is -0.304. The van der Waals surface area contributed by atoms with Crippen molar-refractivity contribution in [3.8, 4) is 0 Å². The van der Waals surface area contributed by atoms with Gasteiger partial charge in [0, 0.05) is 13.1 Å². The fraction of sp³-hybridized carbons (Fsp3) is 0.846. The van der Waals surface area contributed by atoms with Gasteiger partial charge in [-0.1, -0.05) is 26.2 Å². The third kappa shape index (κ3) is 3.45. The first-order valence-corrected chi connectivity index (χ1v) is 6.88. The molecule has 18 heavy (non-hydrogen) atoms. The molecule has 5 heteroatoms. The lowest BCUT2D eigenvalue weighted by Gasteiger charge is -2.31. The van der Waals surface area contributed by atoms with Crippen LogP contribution in [0.5, 0.6) is 0 Å². The molecule has 0 radical (unpaired) electrons. The molecule has 1 atom stereocenters. The van der Waals surface area contributed by atoms with Crippen molar-refractivity contribution in [1.82, 2.24) is 10.2 Å². The van der Waals surface area contributed by atoms with Gasteiger partial charge in [-0.25, -0.2) is 4.79 Å². The number of hydrogen-bond acceptors (Lipinski definition) is 3. The average molecular weight is 254 g/mol. The van der Waals surface area contributed by atoms with Gasteiger partial charge in [0.2, 0.25) is 5.91 Å². The minimum Gasteiger partial charge on any atom is -0.376 e. The zero-order valence-electron chi connectivity index (χ0n) is 11.0. The van der Waals surface area contributed by atoms with Gasteiger partial charge in [-0.3, -0.25) is 10.1 Å². The van der Waals surface area contributed by atoms with Crippen molar-refractivity contribution in [3.05, 3.63) is 0 Å². The summed E-state index contributed by atoms with van der Waals surface area (Å²) in [5.41, 5.74) is 0. The van der Waals surface area contributed by atoms with Crippen molar-refractivity contribution < 1.29 is 14.3 Å². The Hall–Kier alpha value is -1.10. The summed E-state index contributed by atoms with van der Waals surface area (Å²) < 4.78 is 5.79. The molecule has 1 saturated heterocycles. The third-order valence-corrected chi connectivity index (χ3v) is 3.73. The van der Waals surface area contributed by atoms with Crippen molar-refractivity contribution in [2.24, 2.45) is 5.92 Å². The number of amides is 3. The number of carbonyl (C=O) groups excluding carboxylic acids is 2. The topological polar surface area (TPSA) is 58.6 Å². The highest BCUT2D eigenvalue weighted by Crippen LogP contribution is 2.20. The fourth-order valence-electron chi connectivity index (χ4n) is 2.56. The van der Waals surface area contributed by atoms with Gasteiger partial charge in [0.25, 0.3) is 0 Å². The Bertz CT molecular complexity index is 313. The number of rotatable bonds is 4. The van der Waals surface area contributed by atoms with E-state index >= 15 is 0 Å². The van der Waals surface area contributed by atoms with Gasteiger partial charge in [0.05, 0.1) is 18.6 Å². The van der Waals surface area contributed by atoms with Crippen LogP contribution in [0.25, 0.3) is 0 Å². The van der Waals surface area contributed by atoms with Crippen molar-refractivity contribution in [2.45, 2.75) is 45.1 Å². The quantitative estimate of drug-likeness (QED) is 0.827. The van der Waals surface area contributed by atoms with E-state index in [1.807, 2.05) is 6.92 Å². The first kappa shape index (κ1) is 13.3. The molecule has 2 rings (SSSR count). The predicted molar refractivity (Wildman–Crippen MR) is 67.1 cm³/mol. The number of hydrogen-bond donors (Lipinski definition) is 1. The lowest BCUT2D eigenvalue weighted by Crippen LogP contribution is -2.54. The highest BCUT2D eigenvalue weighted by molar-refractivity contribution is 5.97. The van der Waals surface area contributed by atoms with E-state index in [0.29, 0.717) is 25.8 Å². The Morgan fingerprint density at radius 3 is 2.72 bits per heavy atom. The van der Waals surface area contributed by atoms with E-state index in [0.717, 1.165) is 12.8 Å². The van der Waals surface area contributed by atoms with Crippen LogP contribution in [0.4, 0.5) is 4.79 Å². The summed E-state index contributed by atoms with van der Waals surface area (Å²) in [6.45, 7) is 3.47. The smallest absolute Gasteiger partial charge is 0.324 e. The number of carbonyl (C=O) groups is 2. The maximum atomic E-state index is 11.6. The van der Waals surface area contributed by atoms with Gasteiger partial charge in [-0.2, -0.15) is 0 Å². The molecule has 102 valence electrons. The number of ether oxygens (including phenoxy) is 1. The zero-order valence-corrected chi connectivity index (χ0v) is 11.0. The van der Waals surface area contributed by atoms with Crippen LogP contribution in [-0.4, -0.2) is 42.6 Å². The first-order chi connectivity index (χ1) is 8.66. The molecule has 0 spiro atoms. The Balaban J connectivity index is 1.69. The molecular weight excluding hydrogens is 232 g/mol. The van der Waals surface area contributed by atoms with Crippen molar-refractivity contribution >= 4 is 11.9 Å². The second-order valence-electron chi connectivity index (χ2n) is 5.27. The van der Waals surface area contributed by atoms with E-state index in [2.05, 4.69) is 5.32 Å². The van der Waals surface area contributed by atoms with Gasteiger partial charge in [-0.15, -0.1) is 0 Å². The highest BCUT2D eigenvalue weighted by atomic mass is 16.5. The van der Waals surface area contributed by atoms with E-state index in [1.165, 1.54) is 19.3 Å². The van der Waals surface area contributed by atoms with Crippen LogP contribution in [-0.2, 0) is 9.53 Å². The minimum atomic E-state index is -0.287. The zero-order chi connectivity index (χ0) is 13.0. The minimum absolute atomic E-state index is 0.127. The van der Waals surface area contributed by atoms with Gasteiger partial charge < -0.3 is 9.64 Å². The van der Waals surface area contributed by atoms with E-state index in [4.69, 9.17) is 4.74 Å². The van der Waals surface area contributed by atoms with E-state index in [1.54, 1.807) is 4.90 Å². The number of imide groups is 1. The molecule has 0 aromatic carbocycles. The summed E-state index contributed by atoms with van der Waals surface area (Å²) in [4.78, 5) is 24.5. The van der Waals surface area contributed by atoms with E-state index < -0.39 is 0 Å². The van der Waals surface area contributed by atoms with Crippen LogP contribution in [0.15, 0.2) is 0 Å². The lowest BCUT2D eigenvalue weighted by atomic mass is 9.98. The molecule has 1 saturated carbocycles. The molecule has 2 aliphatic rings. The molecule has 5 nitrogen and oxygen atoms in total. The molecule has 1 aliphatic carbocycles. The molecule has 0 bridgehead atoms. The van der Waals surface area contributed by atoms with Crippen LogP contribution in [0, 0.1) is 5.92 Å². The van der Waals surface area contributed by atoms with Crippen LogP contribution < -0.4 is 5.32 Å². The fourth-order valence-corrected chi connectivity index (χ4v) is 2.56. The molecule has 1 heterocycles. The van der Waals surface area contributed by atoms with Crippen LogP contribution in [0.3, 0.4) is 0 Å². The van der Waals surface area contributed by atoms with E-state index in [9.17, 15) is 9.59 Å². The molecule has 3 amide bonds. The summed E-state index contributed by atoms with van der Waals surface area (Å²) in [7, 11) is 0.